The van der Waals surface area contributed by atoms with Crippen LogP contribution in [0.25, 0.3) is 0 Å². The highest BCUT2D eigenvalue weighted by atomic mass is 15.4. The average molecular weight is 250 g/mol. The van der Waals surface area contributed by atoms with Gasteiger partial charge in [-0.25, -0.2) is 0 Å². The lowest BCUT2D eigenvalue weighted by molar-refractivity contribution is 0.400. The molecule has 1 aliphatic rings. The molecule has 0 spiro atoms. The number of rotatable bonds is 4. The van der Waals surface area contributed by atoms with Crippen LogP contribution in [0.4, 0.5) is 11.5 Å². The molecule has 4 heteroatoms. The summed E-state index contributed by atoms with van der Waals surface area (Å²) in [4.78, 5) is 2.43. The minimum Gasteiger partial charge on any atom is -0.394 e. The molecule has 2 heterocycles. The number of piperidine rings is 1. The third-order valence-electron chi connectivity index (χ3n) is 4.01. The molecule has 0 radical (unpaired) electrons. The number of nitrogens with zero attached hydrogens (tertiary/aromatic N) is 3. The summed E-state index contributed by atoms with van der Waals surface area (Å²) >= 11 is 0. The highest BCUT2D eigenvalue weighted by Gasteiger charge is 2.24. The maximum atomic E-state index is 6.28. The Morgan fingerprint density at radius 2 is 2.17 bits per heavy atom. The third kappa shape index (κ3) is 2.47. The van der Waals surface area contributed by atoms with Crippen molar-refractivity contribution in [3.8, 4) is 0 Å². The van der Waals surface area contributed by atoms with Gasteiger partial charge in [-0.2, -0.15) is 5.10 Å². The number of nitrogen functional groups attached to an aromatic ring is 1. The van der Waals surface area contributed by atoms with Gasteiger partial charge < -0.3 is 10.6 Å². The number of anilines is 2. The summed E-state index contributed by atoms with van der Waals surface area (Å²) in [6.45, 7) is 6.70. The van der Waals surface area contributed by atoms with Gasteiger partial charge in [0.2, 0.25) is 0 Å². The van der Waals surface area contributed by atoms with Gasteiger partial charge in [-0.1, -0.05) is 26.7 Å². The molecule has 1 unspecified atom stereocenters. The van der Waals surface area contributed by atoms with Crippen molar-refractivity contribution >= 4 is 11.5 Å². The van der Waals surface area contributed by atoms with E-state index in [1.54, 1.807) is 0 Å². The van der Waals surface area contributed by atoms with Gasteiger partial charge in [0.1, 0.15) is 5.82 Å². The van der Waals surface area contributed by atoms with Crippen LogP contribution in [0.5, 0.6) is 0 Å². The zero-order chi connectivity index (χ0) is 13.1. The second kappa shape index (κ2) is 5.63. The fraction of sp³-hybridized carbons (Fsp3) is 0.786. The van der Waals surface area contributed by atoms with E-state index in [1.807, 2.05) is 11.7 Å². The van der Waals surface area contributed by atoms with Gasteiger partial charge in [0.05, 0.1) is 11.4 Å². The Bertz CT molecular complexity index is 397. The fourth-order valence-corrected chi connectivity index (χ4v) is 2.97. The first-order valence-electron chi connectivity index (χ1n) is 7.23. The summed E-state index contributed by atoms with van der Waals surface area (Å²) in [7, 11) is 2.01. The first kappa shape index (κ1) is 13.2. The van der Waals surface area contributed by atoms with Gasteiger partial charge in [-0.3, -0.25) is 4.68 Å². The smallest absolute Gasteiger partial charge is 0.150 e. The van der Waals surface area contributed by atoms with Crippen molar-refractivity contribution in [3.05, 3.63) is 5.69 Å². The standard InChI is InChI=1S/C14H26N4/c1-4-7-12-13(15)14(17(3)16-12)18-9-6-8-11(5-2)10-18/h11H,4-10,15H2,1-3H3. The van der Waals surface area contributed by atoms with Gasteiger partial charge >= 0.3 is 0 Å². The number of hydrogen-bond donors (Lipinski definition) is 1. The molecule has 4 nitrogen and oxygen atoms in total. The van der Waals surface area contributed by atoms with Crippen LogP contribution in [0.15, 0.2) is 0 Å². The average Bonchev–Trinajstić information content (AvgIpc) is 2.65. The molecule has 2 N–H and O–H groups in total. The molecule has 0 aliphatic carbocycles. The molecule has 0 amide bonds. The van der Waals surface area contributed by atoms with E-state index in [-0.39, 0.29) is 0 Å². The zero-order valence-electron chi connectivity index (χ0n) is 11.9. The van der Waals surface area contributed by atoms with E-state index in [9.17, 15) is 0 Å². The lowest BCUT2D eigenvalue weighted by Crippen LogP contribution is -2.36. The quantitative estimate of drug-likeness (QED) is 0.893. The van der Waals surface area contributed by atoms with Crippen LogP contribution in [0.2, 0.25) is 0 Å². The number of aromatic nitrogens is 2. The van der Waals surface area contributed by atoms with Crippen molar-refractivity contribution in [2.75, 3.05) is 23.7 Å². The van der Waals surface area contributed by atoms with Gasteiger partial charge in [0.25, 0.3) is 0 Å². The van der Waals surface area contributed by atoms with Crippen molar-refractivity contribution in [3.63, 3.8) is 0 Å². The predicted molar refractivity (Wildman–Crippen MR) is 76.8 cm³/mol. The topological polar surface area (TPSA) is 47.1 Å². The number of hydrogen-bond acceptors (Lipinski definition) is 3. The first-order chi connectivity index (χ1) is 8.67. The minimum atomic E-state index is 0.808. The molecule has 0 aromatic carbocycles. The van der Waals surface area contributed by atoms with Crippen molar-refractivity contribution in [1.82, 2.24) is 9.78 Å². The van der Waals surface area contributed by atoms with E-state index in [0.717, 1.165) is 49.0 Å². The van der Waals surface area contributed by atoms with E-state index < -0.39 is 0 Å². The van der Waals surface area contributed by atoms with E-state index in [1.165, 1.54) is 19.3 Å². The Morgan fingerprint density at radius 1 is 1.39 bits per heavy atom. The van der Waals surface area contributed by atoms with Crippen LogP contribution >= 0.6 is 0 Å². The number of nitrogens with two attached hydrogens (primary N) is 1. The molecule has 2 rings (SSSR count). The van der Waals surface area contributed by atoms with Crippen molar-refractivity contribution in [2.24, 2.45) is 13.0 Å². The Balaban J connectivity index is 2.21. The van der Waals surface area contributed by atoms with Crippen molar-refractivity contribution in [1.29, 1.82) is 0 Å². The molecular formula is C14H26N4. The summed E-state index contributed by atoms with van der Waals surface area (Å²) in [6.07, 6.45) is 5.96. The minimum absolute atomic E-state index is 0.808. The van der Waals surface area contributed by atoms with Gasteiger partial charge in [-0.15, -0.1) is 0 Å². The summed E-state index contributed by atoms with van der Waals surface area (Å²) in [5.41, 5.74) is 8.25. The Hall–Kier alpha value is -1.19. The molecule has 1 fully saturated rings. The van der Waals surface area contributed by atoms with Gasteiger partial charge in [0.15, 0.2) is 0 Å². The zero-order valence-corrected chi connectivity index (χ0v) is 11.9. The summed E-state index contributed by atoms with van der Waals surface area (Å²) < 4.78 is 1.97. The normalized spacial score (nSPS) is 20.4. The van der Waals surface area contributed by atoms with Crippen LogP contribution in [-0.4, -0.2) is 22.9 Å². The second-order valence-corrected chi connectivity index (χ2v) is 5.42. The Labute approximate surface area is 110 Å². The predicted octanol–water partition coefficient (Wildman–Crippen LogP) is 2.58. The fourth-order valence-electron chi connectivity index (χ4n) is 2.97. The maximum absolute atomic E-state index is 6.28. The van der Waals surface area contributed by atoms with Crippen molar-refractivity contribution in [2.45, 2.75) is 46.0 Å². The lowest BCUT2D eigenvalue weighted by Gasteiger charge is -2.34. The highest BCUT2D eigenvalue weighted by molar-refractivity contribution is 5.66. The van der Waals surface area contributed by atoms with Crippen molar-refractivity contribution < 1.29 is 0 Å². The van der Waals surface area contributed by atoms with Gasteiger partial charge in [0, 0.05) is 20.1 Å². The SMILES string of the molecule is CCCc1nn(C)c(N2CCCC(CC)C2)c1N. The maximum Gasteiger partial charge on any atom is 0.150 e. The molecular weight excluding hydrogens is 224 g/mol. The highest BCUT2D eigenvalue weighted by Crippen LogP contribution is 2.31. The summed E-state index contributed by atoms with van der Waals surface area (Å²) in [5.74, 6) is 1.94. The molecule has 102 valence electrons. The second-order valence-electron chi connectivity index (χ2n) is 5.42. The van der Waals surface area contributed by atoms with Crippen LogP contribution in [-0.2, 0) is 13.5 Å². The summed E-state index contributed by atoms with van der Waals surface area (Å²) in [5, 5.41) is 4.58. The number of aryl methyl sites for hydroxylation is 2. The Kier molecular flexibility index (Phi) is 4.15. The third-order valence-corrected chi connectivity index (χ3v) is 4.01. The van der Waals surface area contributed by atoms with E-state index in [2.05, 4.69) is 23.8 Å². The molecule has 1 saturated heterocycles. The molecule has 1 aromatic rings. The van der Waals surface area contributed by atoms with E-state index in [4.69, 9.17) is 5.73 Å². The van der Waals surface area contributed by atoms with E-state index in [0.29, 0.717) is 0 Å². The molecule has 1 aliphatic heterocycles. The molecule has 1 aromatic heterocycles. The lowest BCUT2D eigenvalue weighted by atomic mass is 9.95. The molecule has 18 heavy (non-hydrogen) atoms. The molecule has 1 atom stereocenters. The summed E-state index contributed by atoms with van der Waals surface area (Å²) in [6, 6.07) is 0. The monoisotopic (exact) mass is 250 g/mol. The van der Waals surface area contributed by atoms with Gasteiger partial charge in [-0.05, 0) is 25.2 Å². The van der Waals surface area contributed by atoms with Crippen LogP contribution in [0, 0.1) is 5.92 Å². The largest absolute Gasteiger partial charge is 0.394 e. The van der Waals surface area contributed by atoms with Crippen LogP contribution in [0.1, 0.15) is 45.2 Å². The van der Waals surface area contributed by atoms with E-state index >= 15 is 0 Å². The molecule has 0 saturated carbocycles. The Morgan fingerprint density at radius 3 is 2.83 bits per heavy atom. The molecule has 0 bridgehead atoms. The van der Waals surface area contributed by atoms with Crippen LogP contribution < -0.4 is 10.6 Å². The van der Waals surface area contributed by atoms with Crippen LogP contribution in [0.3, 0.4) is 0 Å². The first-order valence-corrected chi connectivity index (χ1v) is 7.23.